The fourth-order valence-corrected chi connectivity index (χ4v) is 5.11. The number of pyridine rings is 1. The number of hydrogen-bond acceptors (Lipinski definition) is 8. The molecule has 4 rings (SSSR count). The fourth-order valence-electron chi connectivity index (χ4n) is 4.47. The molecule has 3 N–H and O–H groups in total. The molecule has 1 fully saturated rings. The van der Waals surface area contributed by atoms with Gasteiger partial charge in [-0.15, -0.1) is 0 Å². The number of aromatic nitrogens is 2. The van der Waals surface area contributed by atoms with Crippen molar-refractivity contribution in [2.45, 2.75) is 23.5 Å². The Balaban J connectivity index is 1.51. The second kappa shape index (κ2) is 11.9. The zero-order chi connectivity index (χ0) is 27.3. The summed E-state index contributed by atoms with van der Waals surface area (Å²) in [6.07, 6.45) is 2.38. The lowest BCUT2D eigenvalue weighted by Crippen LogP contribution is -2.48. The number of nitrogens with one attached hydrogen (secondary N) is 2. The van der Waals surface area contributed by atoms with Gasteiger partial charge < -0.3 is 20.5 Å². The monoisotopic (exact) mass is 541 g/mol. The van der Waals surface area contributed by atoms with E-state index in [4.69, 9.17) is 9.84 Å². The number of benzene rings is 1. The van der Waals surface area contributed by atoms with Crippen LogP contribution in [0.5, 0.6) is 5.75 Å². The lowest BCUT2D eigenvalue weighted by molar-refractivity contribution is 0.107. The highest BCUT2D eigenvalue weighted by atomic mass is 32.2. The molecule has 9 nitrogen and oxygen atoms in total. The van der Waals surface area contributed by atoms with Crippen molar-refractivity contribution in [3.05, 3.63) is 54.2 Å². The number of aliphatic hydroxyl groups excluding tert-OH is 1. The topological polar surface area (TPSA) is 108 Å². The number of anilines is 2. The molecule has 3 aromatic rings. The van der Waals surface area contributed by atoms with E-state index in [1.807, 2.05) is 23.1 Å². The van der Waals surface area contributed by atoms with Crippen molar-refractivity contribution in [1.29, 1.82) is 0 Å². The Morgan fingerprint density at radius 1 is 1.34 bits per heavy atom. The maximum Gasteiger partial charge on any atom is 0.175 e. The first-order valence-electron chi connectivity index (χ1n) is 12.2. The number of ether oxygens (including phenoxy) is 1. The summed E-state index contributed by atoms with van der Waals surface area (Å²) < 4.78 is 45.5. The van der Waals surface area contributed by atoms with Gasteiger partial charge in [-0.05, 0) is 36.6 Å². The molecule has 0 spiro atoms. The van der Waals surface area contributed by atoms with Gasteiger partial charge in [-0.3, -0.25) is 4.90 Å². The SMILES string of the molecule is C=Cc1c(C#CCNc2ccc(S(C)(=O)=O)cc2OC)nn2c(N[C@@H]3CCN(CCO)C[C@@H]3F)cccc12. The summed E-state index contributed by atoms with van der Waals surface area (Å²) in [5.74, 6) is 7.18. The number of β-amino-alcohol motifs (C(OH)–C–C–N with tert-alkyl or cyclic N) is 1. The normalized spacial score (nSPS) is 18.0. The molecule has 38 heavy (non-hydrogen) atoms. The third-order valence-corrected chi connectivity index (χ3v) is 7.56. The largest absolute Gasteiger partial charge is 0.495 e. The Kier molecular flexibility index (Phi) is 8.56. The van der Waals surface area contributed by atoms with Gasteiger partial charge >= 0.3 is 0 Å². The molecule has 11 heteroatoms. The van der Waals surface area contributed by atoms with E-state index in [0.29, 0.717) is 42.5 Å². The van der Waals surface area contributed by atoms with Gasteiger partial charge in [-0.2, -0.15) is 5.10 Å². The number of aliphatic hydroxyl groups is 1. The van der Waals surface area contributed by atoms with E-state index in [0.717, 1.165) is 17.3 Å². The zero-order valence-corrected chi connectivity index (χ0v) is 22.3. The minimum absolute atomic E-state index is 0.0179. The Labute approximate surface area is 222 Å². The van der Waals surface area contributed by atoms with Crippen molar-refractivity contribution in [1.82, 2.24) is 14.5 Å². The number of nitrogens with zero attached hydrogens (tertiary/aromatic N) is 3. The lowest BCUT2D eigenvalue weighted by Gasteiger charge is -2.35. The zero-order valence-electron chi connectivity index (χ0n) is 21.4. The lowest BCUT2D eigenvalue weighted by atomic mass is 10.0. The summed E-state index contributed by atoms with van der Waals surface area (Å²) in [5.41, 5.74) is 2.72. The summed E-state index contributed by atoms with van der Waals surface area (Å²) >= 11 is 0. The van der Waals surface area contributed by atoms with Gasteiger partial charge in [0.15, 0.2) is 9.84 Å². The number of methoxy groups -OCH3 is 1. The van der Waals surface area contributed by atoms with E-state index in [1.165, 1.54) is 19.2 Å². The number of fused-ring (bicyclic) bond motifs is 1. The molecular formula is C27H32FN5O4S. The molecule has 0 saturated carbocycles. The van der Waals surface area contributed by atoms with Crippen LogP contribution in [-0.4, -0.2) is 86.4 Å². The average Bonchev–Trinajstić information content (AvgIpc) is 3.26. The number of hydrogen-bond donors (Lipinski definition) is 3. The minimum atomic E-state index is -3.35. The van der Waals surface area contributed by atoms with E-state index >= 15 is 0 Å². The smallest absolute Gasteiger partial charge is 0.175 e. The van der Waals surface area contributed by atoms with Gasteiger partial charge in [-0.1, -0.05) is 24.6 Å². The highest BCUT2D eigenvalue weighted by Gasteiger charge is 2.29. The van der Waals surface area contributed by atoms with Crippen LogP contribution in [0.2, 0.25) is 0 Å². The third kappa shape index (κ3) is 6.10. The van der Waals surface area contributed by atoms with Crippen molar-refractivity contribution in [3.63, 3.8) is 0 Å². The van der Waals surface area contributed by atoms with Gasteiger partial charge in [0, 0.05) is 37.5 Å². The highest BCUT2D eigenvalue weighted by molar-refractivity contribution is 7.90. The van der Waals surface area contributed by atoms with Crippen molar-refractivity contribution >= 4 is 32.9 Å². The van der Waals surface area contributed by atoms with Gasteiger partial charge in [0.1, 0.15) is 23.4 Å². The van der Waals surface area contributed by atoms with E-state index < -0.39 is 16.0 Å². The molecule has 0 unspecified atom stereocenters. The fraction of sp³-hybridized carbons (Fsp3) is 0.370. The Hall–Kier alpha value is -3.59. The maximum absolute atomic E-state index is 14.8. The second-order valence-corrected chi connectivity index (χ2v) is 11.1. The first-order valence-corrected chi connectivity index (χ1v) is 14.1. The molecular weight excluding hydrogens is 509 g/mol. The predicted molar refractivity (Wildman–Crippen MR) is 147 cm³/mol. The Morgan fingerprint density at radius 3 is 2.84 bits per heavy atom. The molecule has 1 aliphatic rings. The molecule has 3 heterocycles. The number of rotatable bonds is 9. The predicted octanol–water partition coefficient (Wildman–Crippen LogP) is 2.67. The van der Waals surface area contributed by atoms with Crippen LogP contribution in [0.4, 0.5) is 15.9 Å². The first kappa shape index (κ1) is 27.4. The van der Waals surface area contributed by atoms with E-state index in [1.54, 1.807) is 16.7 Å². The summed E-state index contributed by atoms with van der Waals surface area (Å²) in [4.78, 5) is 2.09. The molecule has 202 valence electrons. The van der Waals surface area contributed by atoms with Crippen LogP contribution in [0.1, 0.15) is 17.7 Å². The highest BCUT2D eigenvalue weighted by Crippen LogP contribution is 2.27. The molecule has 2 aromatic heterocycles. The maximum atomic E-state index is 14.8. The Morgan fingerprint density at radius 2 is 2.16 bits per heavy atom. The van der Waals surface area contributed by atoms with Crippen LogP contribution in [0.25, 0.3) is 11.6 Å². The number of halogens is 1. The molecule has 1 aromatic carbocycles. The molecule has 0 amide bonds. The molecule has 0 bridgehead atoms. The number of likely N-dealkylation sites (tertiary alicyclic amines) is 1. The summed E-state index contributed by atoms with van der Waals surface area (Å²) in [6.45, 7) is 5.65. The molecule has 1 saturated heterocycles. The summed E-state index contributed by atoms with van der Waals surface area (Å²) in [5, 5.41) is 20.2. The van der Waals surface area contributed by atoms with Gasteiger partial charge in [0.05, 0.1) is 42.4 Å². The van der Waals surface area contributed by atoms with Crippen LogP contribution in [0.3, 0.4) is 0 Å². The number of alkyl halides is 1. The van der Waals surface area contributed by atoms with Crippen molar-refractivity contribution < 1.29 is 22.7 Å². The molecule has 2 atom stereocenters. The van der Waals surface area contributed by atoms with Gasteiger partial charge in [-0.25, -0.2) is 17.3 Å². The quantitative estimate of drug-likeness (QED) is 0.355. The van der Waals surface area contributed by atoms with Crippen LogP contribution >= 0.6 is 0 Å². The van der Waals surface area contributed by atoms with Crippen molar-refractivity contribution in [3.8, 4) is 17.6 Å². The van der Waals surface area contributed by atoms with Gasteiger partial charge in [0.25, 0.3) is 0 Å². The van der Waals surface area contributed by atoms with Crippen LogP contribution in [0.15, 0.2) is 47.9 Å². The van der Waals surface area contributed by atoms with Crippen LogP contribution in [-0.2, 0) is 9.84 Å². The van der Waals surface area contributed by atoms with Crippen molar-refractivity contribution in [2.24, 2.45) is 0 Å². The first-order chi connectivity index (χ1) is 18.2. The van der Waals surface area contributed by atoms with Crippen LogP contribution < -0.4 is 15.4 Å². The van der Waals surface area contributed by atoms with Crippen molar-refractivity contribution in [2.75, 3.05) is 56.8 Å². The van der Waals surface area contributed by atoms with Gasteiger partial charge in [0.2, 0.25) is 0 Å². The van der Waals surface area contributed by atoms with E-state index in [9.17, 15) is 12.8 Å². The number of piperidine rings is 1. The average molecular weight is 542 g/mol. The molecule has 1 aliphatic heterocycles. The molecule has 0 radical (unpaired) electrons. The summed E-state index contributed by atoms with van der Waals surface area (Å²) in [6, 6.07) is 9.89. The standard InChI is InChI=1S/C27H32FN5O4S/c1-4-20-22(7-6-13-29-24-11-10-19(38(3,35)36)17-26(24)37-2)31-33-25(20)8-5-9-27(33)30-23-12-14-32(15-16-34)18-21(23)28/h4-5,8-11,17,21,23,29-30,34H,1,12-16,18H2,2-3H3/t21-,23+/m0/s1. The minimum Gasteiger partial charge on any atom is -0.495 e. The van der Waals surface area contributed by atoms with Crippen LogP contribution in [0, 0.1) is 11.8 Å². The number of sulfone groups is 1. The van der Waals surface area contributed by atoms with E-state index in [-0.39, 0.29) is 30.6 Å². The molecule has 0 aliphatic carbocycles. The second-order valence-electron chi connectivity index (χ2n) is 9.04. The third-order valence-electron chi connectivity index (χ3n) is 6.45. The summed E-state index contributed by atoms with van der Waals surface area (Å²) in [7, 11) is -1.88. The van der Waals surface area contributed by atoms with E-state index in [2.05, 4.69) is 34.2 Å². The Bertz CT molecular complexity index is 1480.